The summed E-state index contributed by atoms with van der Waals surface area (Å²) in [5.74, 6) is 0. The van der Waals surface area contributed by atoms with Crippen molar-refractivity contribution in [2.75, 3.05) is 0 Å². The molecule has 0 unspecified atom stereocenters. The van der Waals surface area contributed by atoms with E-state index in [2.05, 4.69) is 4.98 Å². The first-order valence-electron chi connectivity index (χ1n) is 2.91. The molecule has 11 heavy (non-hydrogen) atoms. The molecule has 1 aromatic rings. The highest BCUT2D eigenvalue weighted by atomic mass is 35.5. The first kappa shape index (κ1) is 9.89. The molecular formula is C7H8ClN3. The topological polar surface area (TPSA) is 62.7 Å². The van der Waals surface area contributed by atoms with Crippen LogP contribution in [0.15, 0.2) is 18.5 Å². The molecule has 0 radical (unpaired) electrons. The van der Waals surface area contributed by atoms with Crippen molar-refractivity contribution < 1.29 is 0 Å². The summed E-state index contributed by atoms with van der Waals surface area (Å²) in [6.07, 6.45) is 3.14. The fraction of sp³-hybridized carbons (Fsp3) is 0.143. The highest BCUT2D eigenvalue weighted by molar-refractivity contribution is 5.85. The monoisotopic (exact) mass is 169 g/mol. The van der Waals surface area contributed by atoms with E-state index in [0.717, 1.165) is 5.56 Å². The standard InChI is InChI=1S/C7H7N3.ClH/c8-3-6-1-2-10-5-7(6)4-9;/h1-2,5H,3,8H2;1H. The van der Waals surface area contributed by atoms with Crippen molar-refractivity contribution in [2.45, 2.75) is 6.54 Å². The predicted molar refractivity (Wildman–Crippen MR) is 44.1 cm³/mol. The highest BCUT2D eigenvalue weighted by Gasteiger charge is 1.96. The van der Waals surface area contributed by atoms with Gasteiger partial charge in [0.15, 0.2) is 0 Å². The van der Waals surface area contributed by atoms with Gasteiger partial charge >= 0.3 is 0 Å². The van der Waals surface area contributed by atoms with Gasteiger partial charge in [-0.2, -0.15) is 5.26 Å². The Morgan fingerprint density at radius 1 is 1.64 bits per heavy atom. The Labute approximate surface area is 71.3 Å². The molecule has 0 aromatic carbocycles. The summed E-state index contributed by atoms with van der Waals surface area (Å²) in [5, 5.41) is 8.50. The Bertz CT molecular complexity index is 267. The van der Waals surface area contributed by atoms with Gasteiger partial charge in [-0.15, -0.1) is 12.4 Å². The van der Waals surface area contributed by atoms with Crippen molar-refractivity contribution >= 4 is 12.4 Å². The second-order valence-electron chi connectivity index (χ2n) is 1.85. The molecule has 0 aliphatic rings. The summed E-state index contributed by atoms with van der Waals surface area (Å²) in [6, 6.07) is 3.75. The Morgan fingerprint density at radius 2 is 2.36 bits per heavy atom. The minimum absolute atomic E-state index is 0. The van der Waals surface area contributed by atoms with Gasteiger partial charge in [-0.1, -0.05) is 0 Å². The number of halogens is 1. The van der Waals surface area contributed by atoms with Gasteiger partial charge in [-0.05, 0) is 11.6 Å². The van der Waals surface area contributed by atoms with Gasteiger partial charge < -0.3 is 5.73 Å². The van der Waals surface area contributed by atoms with Gasteiger partial charge in [0, 0.05) is 18.9 Å². The minimum Gasteiger partial charge on any atom is -0.326 e. The van der Waals surface area contributed by atoms with Gasteiger partial charge in [0.1, 0.15) is 6.07 Å². The average molecular weight is 170 g/mol. The van der Waals surface area contributed by atoms with Crippen LogP contribution >= 0.6 is 12.4 Å². The van der Waals surface area contributed by atoms with Gasteiger partial charge in [-0.3, -0.25) is 4.98 Å². The number of nitrogens with zero attached hydrogens (tertiary/aromatic N) is 2. The van der Waals surface area contributed by atoms with E-state index in [0.29, 0.717) is 12.1 Å². The van der Waals surface area contributed by atoms with Crippen molar-refractivity contribution in [3.8, 4) is 6.07 Å². The maximum absolute atomic E-state index is 8.50. The lowest BCUT2D eigenvalue weighted by molar-refractivity contribution is 1.05. The second-order valence-corrected chi connectivity index (χ2v) is 1.85. The van der Waals surface area contributed by atoms with Crippen molar-refractivity contribution in [1.29, 1.82) is 5.26 Å². The number of pyridine rings is 1. The van der Waals surface area contributed by atoms with Crippen LogP contribution < -0.4 is 5.73 Å². The predicted octanol–water partition coefficient (Wildman–Crippen LogP) is 0.834. The number of hydrogen-bond donors (Lipinski definition) is 1. The molecule has 58 valence electrons. The van der Waals surface area contributed by atoms with Crippen molar-refractivity contribution in [2.24, 2.45) is 5.73 Å². The molecule has 0 saturated carbocycles. The molecule has 0 bridgehead atoms. The molecule has 0 aliphatic carbocycles. The molecule has 0 aliphatic heterocycles. The van der Waals surface area contributed by atoms with Crippen molar-refractivity contribution in [3.05, 3.63) is 29.6 Å². The highest BCUT2D eigenvalue weighted by Crippen LogP contribution is 2.02. The SMILES string of the molecule is Cl.N#Cc1cnccc1CN. The molecule has 0 spiro atoms. The molecule has 2 N–H and O–H groups in total. The summed E-state index contributed by atoms with van der Waals surface area (Å²) < 4.78 is 0. The third-order valence-corrected chi connectivity index (χ3v) is 1.25. The van der Waals surface area contributed by atoms with E-state index in [1.807, 2.05) is 6.07 Å². The van der Waals surface area contributed by atoms with E-state index in [1.54, 1.807) is 12.3 Å². The largest absolute Gasteiger partial charge is 0.326 e. The van der Waals surface area contributed by atoms with Gasteiger partial charge in [0.25, 0.3) is 0 Å². The minimum atomic E-state index is 0. The summed E-state index contributed by atoms with van der Waals surface area (Å²) >= 11 is 0. The summed E-state index contributed by atoms with van der Waals surface area (Å²) in [5.41, 5.74) is 6.75. The molecule has 0 amide bonds. The Hall–Kier alpha value is -1.11. The lowest BCUT2D eigenvalue weighted by Crippen LogP contribution is -1.99. The van der Waals surface area contributed by atoms with E-state index in [1.165, 1.54) is 6.20 Å². The van der Waals surface area contributed by atoms with Gasteiger partial charge in [0.05, 0.1) is 5.56 Å². The van der Waals surface area contributed by atoms with Crippen LogP contribution in [0.4, 0.5) is 0 Å². The Morgan fingerprint density at radius 3 is 2.82 bits per heavy atom. The summed E-state index contributed by atoms with van der Waals surface area (Å²) in [6.45, 7) is 0.394. The van der Waals surface area contributed by atoms with Crippen LogP contribution in [0, 0.1) is 11.3 Å². The van der Waals surface area contributed by atoms with Crippen LogP contribution in [0.1, 0.15) is 11.1 Å². The summed E-state index contributed by atoms with van der Waals surface area (Å²) in [4.78, 5) is 3.79. The molecular weight excluding hydrogens is 162 g/mol. The molecule has 0 saturated heterocycles. The van der Waals surface area contributed by atoms with Gasteiger partial charge in [-0.25, -0.2) is 0 Å². The van der Waals surface area contributed by atoms with Crippen LogP contribution in [0.3, 0.4) is 0 Å². The van der Waals surface area contributed by atoms with E-state index in [9.17, 15) is 0 Å². The molecule has 0 fully saturated rings. The third kappa shape index (κ3) is 2.19. The summed E-state index contributed by atoms with van der Waals surface area (Å²) in [7, 11) is 0. The zero-order valence-corrected chi connectivity index (χ0v) is 6.64. The first-order chi connectivity index (χ1) is 4.88. The number of nitriles is 1. The molecule has 1 aromatic heterocycles. The van der Waals surface area contributed by atoms with Crippen LogP contribution in [0.5, 0.6) is 0 Å². The molecule has 4 heteroatoms. The van der Waals surface area contributed by atoms with Crippen LogP contribution in [0.25, 0.3) is 0 Å². The maximum atomic E-state index is 8.50. The lowest BCUT2D eigenvalue weighted by atomic mass is 10.1. The van der Waals surface area contributed by atoms with E-state index in [4.69, 9.17) is 11.0 Å². The van der Waals surface area contributed by atoms with Crippen LogP contribution in [-0.4, -0.2) is 4.98 Å². The van der Waals surface area contributed by atoms with E-state index in [-0.39, 0.29) is 12.4 Å². The number of nitrogens with two attached hydrogens (primary N) is 1. The molecule has 1 rings (SSSR count). The fourth-order valence-corrected chi connectivity index (χ4v) is 0.702. The zero-order chi connectivity index (χ0) is 7.40. The van der Waals surface area contributed by atoms with E-state index < -0.39 is 0 Å². The fourth-order valence-electron chi connectivity index (χ4n) is 0.702. The first-order valence-corrected chi connectivity index (χ1v) is 2.91. The molecule has 1 heterocycles. The third-order valence-electron chi connectivity index (χ3n) is 1.25. The number of hydrogen-bond acceptors (Lipinski definition) is 3. The number of aromatic nitrogens is 1. The second kappa shape index (κ2) is 4.67. The normalized spacial score (nSPS) is 8.00. The zero-order valence-electron chi connectivity index (χ0n) is 5.82. The van der Waals surface area contributed by atoms with Crippen molar-refractivity contribution in [3.63, 3.8) is 0 Å². The quantitative estimate of drug-likeness (QED) is 0.678. The Kier molecular flexibility index (Phi) is 4.20. The lowest BCUT2D eigenvalue weighted by Gasteiger charge is -1.95. The van der Waals surface area contributed by atoms with Crippen LogP contribution in [-0.2, 0) is 6.54 Å². The van der Waals surface area contributed by atoms with Crippen LogP contribution in [0.2, 0.25) is 0 Å². The average Bonchev–Trinajstić information content (AvgIpc) is 2.04. The maximum Gasteiger partial charge on any atom is 0.101 e. The van der Waals surface area contributed by atoms with Gasteiger partial charge in [0.2, 0.25) is 0 Å². The van der Waals surface area contributed by atoms with E-state index >= 15 is 0 Å². The molecule has 0 atom stereocenters. The number of rotatable bonds is 1. The molecule has 3 nitrogen and oxygen atoms in total. The Balaban J connectivity index is 0.000001000. The smallest absolute Gasteiger partial charge is 0.101 e. The van der Waals surface area contributed by atoms with Crippen molar-refractivity contribution in [1.82, 2.24) is 4.98 Å².